The Balaban J connectivity index is 1.76. The van der Waals surface area contributed by atoms with Gasteiger partial charge in [0.2, 0.25) is 11.8 Å². The number of ether oxygens (including phenoxy) is 1. The van der Waals surface area contributed by atoms with E-state index in [2.05, 4.69) is 5.32 Å². The van der Waals surface area contributed by atoms with Crippen LogP contribution in [-0.2, 0) is 20.7 Å². The Hall–Kier alpha value is -2.64. The molecule has 2 rings (SSSR count). The average Bonchev–Trinajstić information content (AvgIpc) is 2.89. The molecular weight excluding hydrogens is 377 g/mol. The fourth-order valence-corrected chi connectivity index (χ4v) is 3.09. The Morgan fingerprint density at radius 1 is 1.07 bits per heavy atom. The number of aryl methyl sites for hydroxylation is 1. The summed E-state index contributed by atoms with van der Waals surface area (Å²) >= 11 is 0. The third-order valence-electron chi connectivity index (χ3n) is 4.50. The second-order valence-electron chi connectivity index (χ2n) is 8.10. The van der Waals surface area contributed by atoms with Gasteiger partial charge in [0.1, 0.15) is 18.0 Å². The van der Waals surface area contributed by atoms with Gasteiger partial charge in [0.25, 0.3) is 0 Å². The summed E-state index contributed by atoms with van der Waals surface area (Å²) in [6.45, 7) is 7.09. The molecule has 1 saturated heterocycles. The number of carbonyl (C=O) groups is 3. The van der Waals surface area contributed by atoms with Crippen molar-refractivity contribution in [2.75, 3.05) is 32.7 Å². The number of hydrogen-bond acceptors (Lipinski definition) is 4. The van der Waals surface area contributed by atoms with Gasteiger partial charge in [0, 0.05) is 32.6 Å². The zero-order chi connectivity index (χ0) is 21.4. The maximum atomic E-state index is 13.2. The molecule has 0 aliphatic carbocycles. The number of rotatable bonds is 5. The van der Waals surface area contributed by atoms with Gasteiger partial charge in [0.15, 0.2) is 0 Å². The highest BCUT2D eigenvalue weighted by atomic mass is 19.1. The molecule has 8 heteroatoms. The second-order valence-corrected chi connectivity index (χ2v) is 8.10. The lowest BCUT2D eigenvalue weighted by atomic mass is 10.1. The third-order valence-corrected chi connectivity index (χ3v) is 4.50. The standard InChI is InChI=1S/C21H30FN3O4/c1-21(2,3)29-20(28)23-15-19(27)25-11-5-10-24(12-13-25)18(26)9-8-16-6-4-7-17(22)14-16/h4,6-7,14H,5,8-13,15H2,1-3H3,(H,23,28). The van der Waals surface area contributed by atoms with Crippen molar-refractivity contribution >= 4 is 17.9 Å². The van der Waals surface area contributed by atoms with E-state index in [1.54, 1.807) is 42.7 Å². The molecule has 0 bridgehead atoms. The lowest BCUT2D eigenvalue weighted by Crippen LogP contribution is -2.43. The number of carbonyl (C=O) groups excluding carboxylic acids is 3. The van der Waals surface area contributed by atoms with Gasteiger partial charge in [-0.3, -0.25) is 9.59 Å². The number of hydrogen-bond donors (Lipinski definition) is 1. The quantitative estimate of drug-likeness (QED) is 0.813. The summed E-state index contributed by atoms with van der Waals surface area (Å²) in [5.74, 6) is -0.515. The number of halogens is 1. The molecule has 0 saturated carbocycles. The third kappa shape index (κ3) is 8.09. The maximum Gasteiger partial charge on any atom is 0.408 e. The van der Waals surface area contributed by atoms with E-state index in [1.165, 1.54) is 12.1 Å². The first-order chi connectivity index (χ1) is 13.6. The molecule has 1 fully saturated rings. The van der Waals surface area contributed by atoms with E-state index in [4.69, 9.17) is 4.74 Å². The minimum Gasteiger partial charge on any atom is -0.444 e. The monoisotopic (exact) mass is 407 g/mol. The van der Waals surface area contributed by atoms with E-state index in [0.717, 1.165) is 5.56 Å². The molecule has 1 N–H and O–H groups in total. The normalized spacial score (nSPS) is 14.9. The second kappa shape index (κ2) is 10.2. The summed E-state index contributed by atoms with van der Waals surface area (Å²) in [7, 11) is 0. The Morgan fingerprint density at radius 3 is 2.34 bits per heavy atom. The van der Waals surface area contributed by atoms with Gasteiger partial charge in [-0.15, -0.1) is 0 Å². The molecule has 160 valence electrons. The van der Waals surface area contributed by atoms with Gasteiger partial charge in [-0.1, -0.05) is 12.1 Å². The summed E-state index contributed by atoms with van der Waals surface area (Å²) in [5, 5.41) is 2.47. The van der Waals surface area contributed by atoms with Crippen LogP contribution in [0, 0.1) is 5.82 Å². The molecule has 1 heterocycles. The van der Waals surface area contributed by atoms with Gasteiger partial charge in [-0.05, 0) is 51.3 Å². The van der Waals surface area contributed by atoms with E-state index in [0.29, 0.717) is 45.4 Å². The van der Waals surface area contributed by atoms with Crippen molar-refractivity contribution in [2.45, 2.75) is 45.6 Å². The van der Waals surface area contributed by atoms with Crippen molar-refractivity contribution in [1.82, 2.24) is 15.1 Å². The summed E-state index contributed by atoms with van der Waals surface area (Å²) in [6, 6.07) is 6.25. The smallest absolute Gasteiger partial charge is 0.408 e. The number of nitrogens with one attached hydrogen (secondary N) is 1. The van der Waals surface area contributed by atoms with Gasteiger partial charge in [-0.25, -0.2) is 9.18 Å². The number of nitrogens with zero attached hydrogens (tertiary/aromatic N) is 2. The van der Waals surface area contributed by atoms with Crippen LogP contribution in [0.3, 0.4) is 0 Å². The molecule has 3 amide bonds. The highest BCUT2D eigenvalue weighted by Gasteiger charge is 2.23. The average molecular weight is 407 g/mol. The van der Waals surface area contributed by atoms with Crippen molar-refractivity contribution in [1.29, 1.82) is 0 Å². The highest BCUT2D eigenvalue weighted by molar-refractivity contribution is 5.82. The zero-order valence-corrected chi connectivity index (χ0v) is 17.4. The summed E-state index contributed by atoms with van der Waals surface area (Å²) in [4.78, 5) is 39.9. The van der Waals surface area contributed by atoms with E-state index in [1.807, 2.05) is 0 Å². The van der Waals surface area contributed by atoms with E-state index >= 15 is 0 Å². The number of alkyl carbamates (subject to hydrolysis) is 1. The molecule has 1 aliphatic rings. The molecule has 7 nitrogen and oxygen atoms in total. The van der Waals surface area contributed by atoms with Crippen LogP contribution in [0.1, 0.15) is 39.2 Å². The van der Waals surface area contributed by atoms with Crippen molar-refractivity contribution in [3.05, 3.63) is 35.6 Å². The largest absolute Gasteiger partial charge is 0.444 e. The van der Waals surface area contributed by atoms with Crippen molar-refractivity contribution < 1.29 is 23.5 Å². The predicted octanol–water partition coefficient (Wildman–Crippen LogP) is 2.34. The molecule has 1 aromatic rings. The lowest BCUT2D eigenvalue weighted by molar-refractivity contribution is -0.133. The lowest BCUT2D eigenvalue weighted by Gasteiger charge is -2.23. The van der Waals surface area contributed by atoms with Gasteiger partial charge in [-0.2, -0.15) is 0 Å². The van der Waals surface area contributed by atoms with E-state index in [-0.39, 0.29) is 24.2 Å². The molecule has 0 radical (unpaired) electrons. The Morgan fingerprint density at radius 2 is 1.72 bits per heavy atom. The Bertz CT molecular complexity index is 733. The van der Waals surface area contributed by atoms with Crippen molar-refractivity contribution in [3.63, 3.8) is 0 Å². The molecule has 1 aromatic carbocycles. The van der Waals surface area contributed by atoms with Crippen LogP contribution in [-0.4, -0.2) is 66.0 Å². The molecular formula is C21H30FN3O4. The van der Waals surface area contributed by atoms with Gasteiger partial charge >= 0.3 is 6.09 Å². The first-order valence-corrected chi connectivity index (χ1v) is 9.91. The van der Waals surface area contributed by atoms with Crippen LogP contribution < -0.4 is 5.32 Å². The molecule has 29 heavy (non-hydrogen) atoms. The number of benzene rings is 1. The molecule has 1 aliphatic heterocycles. The molecule has 0 atom stereocenters. The van der Waals surface area contributed by atoms with Crippen LogP contribution in [0.2, 0.25) is 0 Å². The zero-order valence-electron chi connectivity index (χ0n) is 17.4. The van der Waals surface area contributed by atoms with Crippen LogP contribution >= 0.6 is 0 Å². The Kier molecular flexibility index (Phi) is 7.99. The van der Waals surface area contributed by atoms with Crippen LogP contribution in [0.4, 0.5) is 9.18 Å². The highest BCUT2D eigenvalue weighted by Crippen LogP contribution is 2.10. The minimum atomic E-state index is -0.630. The van der Waals surface area contributed by atoms with Crippen molar-refractivity contribution in [3.8, 4) is 0 Å². The minimum absolute atomic E-state index is 0.00422. The van der Waals surface area contributed by atoms with Crippen molar-refractivity contribution in [2.24, 2.45) is 0 Å². The summed E-state index contributed by atoms with van der Waals surface area (Å²) in [6.07, 6.45) is 0.826. The first-order valence-electron chi connectivity index (χ1n) is 9.91. The van der Waals surface area contributed by atoms with Crippen LogP contribution in [0.25, 0.3) is 0 Å². The molecule has 0 unspecified atom stereocenters. The predicted molar refractivity (Wildman–Crippen MR) is 107 cm³/mol. The van der Waals surface area contributed by atoms with Gasteiger partial charge < -0.3 is 19.9 Å². The van der Waals surface area contributed by atoms with Crippen LogP contribution in [0.5, 0.6) is 0 Å². The van der Waals surface area contributed by atoms with E-state index < -0.39 is 11.7 Å². The van der Waals surface area contributed by atoms with Gasteiger partial charge in [0.05, 0.1) is 0 Å². The molecule has 0 aromatic heterocycles. The van der Waals surface area contributed by atoms with E-state index in [9.17, 15) is 18.8 Å². The topological polar surface area (TPSA) is 79.0 Å². The summed E-state index contributed by atoms with van der Waals surface area (Å²) in [5.41, 5.74) is 0.167. The maximum absolute atomic E-state index is 13.2. The fraction of sp³-hybridized carbons (Fsp3) is 0.571. The molecule has 0 spiro atoms. The Labute approximate surface area is 171 Å². The fourth-order valence-electron chi connectivity index (χ4n) is 3.09. The number of amides is 3. The SMILES string of the molecule is CC(C)(C)OC(=O)NCC(=O)N1CCCN(C(=O)CCc2cccc(F)c2)CC1. The first kappa shape index (κ1) is 22.6. The van der Waals surface area contributed by atoms with Crippen LogP contribution in [0.15, 0.2) is 24.3 Å². The summed E-state index contributed by atoms with van der Waals surface area (Å²) < 4.78 is 18.4.